The van der Waals surface area contributed by atoms with Crippen LogP contribution in [0.2, 0.25) is 0 Å². The van der Waals surface area contributed by atoms with E-state index in [1.54, 1.807) is 19.9 Å². The van der Waals surface area contributed by atoms with Gasteiger partial charge in [0.15, 0.2) is 6.10 Å². The standard InChI is InChI=1S/C23H33N3O5S/c1-4-18-7-5-6-10-26(18)23(28)17-8-11-25(12-9-17)32(29,30)21-14-20-19(13-15(21)2)24-22(27)16(3)31-20/h13-14,16-18H,4-12H2,1-3H3,(H,24,27)/t16-,18+/m1/s1. The van der Waals surface area contributed by atoms with Gasteiger partial charge in [0.25, 0.3) is 5.91 Å². The first-order valence-corrected chi connectivity index (χ1v) is 13.1. The van der Waals surface area contributed by atoms with E-state index in [0.29, 0.717) is 49.0 Å². The summed E-state index contributed by atoms with van der Waals surface area (Å²) in [6.07, 6.45) is 4.66. The number of ether oxygens (including phenoxy) is 1. The van der Waals surface area contributed by atoms with Crippen molar-refractivity contribution in [2.24, 2.45) is 5.92 Å². The zero-order valence-electron chi connectivity index (χ0n) is 19.1. The zero-order chi connectivity index (χ0) is 23.0. The molecule has 2 amide bonds. The number of piperidine rings is 2. The minimum Gasteiger partial charge on any atom is -0.479 e. The molecule has 3 heterocycles. The maximum Gasteiger partial charge on any atom is 0.265 e. The molecule has 4 rings (SSSR count). The van der Waals surface area contributed by atoms with E-state index in [1.807, 2.05) is 4.90 Å². The Kier molecular flexibility index (Phi) is 6.49. The lowest BCUT2D eigenvalue weighted by atomic mass is 9.92. The fourth-order valence-electron chi connectivity index (χ4n) is 5.05. The van der Waals surface area contributed by atoms with Crippen molar-refractivity contribution in [3.63, 3.8) is 0 Å². The minimum absolute atomic E-state index is 0.113. The predicted octanol–water partition coefficient (Wildman–Crippen LogP) is 2.91. The average molecular weight is 464 g/mol. The fraction of sp³-hybridized carbons (Fsp3) is 0.652. The van der Waals surface area contributed by atoms with E-state index in [9.17, 15) is 18.0 Å². The van der Waals surface area contributed by atoms with Gasteiger partial charge in [-0.15, -0.1) is 0 Å². The Balaban J connectivity index is 1.47. The molecule has 0 saturated carbocycles. The lowest BCUT2D eigenvalue weighted by Crippen LogP contribution is -2.49. The molecule has 0 unspecified atom stereocenters. The lowest BCUT2D eigenvalue weighted by molar-refractivity contribution is -0.140. The van der Waals surface area contributed by atoms with Crippen molar-refractivity contribution >= 4 is 27.5 Å². The normalized spacial score (nSPS) is 25.1. The molecule has 8 nitrogen and oxygen atoms in total. The number of hydrogen-bond donors (Lipinski definition) is 1. The molecular formula is C23H33N3O5S. The maximum absolute atomic E-state index is 13.4. The second kappa shape index (κ2) is 9.02. The summed E-state index contributed by atoms with van der Waals surface area (Å²) in [6, 6.07) is 3.47. The molecule has 0 aliphatic carbocycles. The van der Waals surface area contributed by atoms with Crippen molar-refractivity contribution in [2.45, 2.75) is 76.3 Å². The highest BCUT2D eigenvalue weighted by atomic mass is 32.2. The van der Waals surface area contributed by atoms with Gasteiger partial charge < -0.3 is 15.0 Å². The number of likely N-dealkylation sites (tertiary alicyclic amines) is 1. The summed E-state index contributed by atoms with van der Waals surface area (Å²) in [4.78, 5) is 27.2. The number of rotatable bonds is 4. The number of hydrogen-bond acceptors (Lipinski definition) is 5. The molecule has 0 radical (unpaired) electrons. The number of benzene rings is 1. The number of nitrogens with zero attached hydrogens (tertiary/aromatic N) is 2. The molecule has 9 heteroatoms. The summed E-state index contributed by atoms with van der Waals surface area (Å²) in [5.74, 6) is 0.189. The van der Waals surface area contributed by atoms with Gasteiger partial charge in [0.05, 0.1) is 10.6 Å². The Morgan fingerprint density at radius 2 is 1.88 bits per heavy atom. The van der Waals surface area contributed by atoms with Crippen molar-refractivity contribution in [2.75, 3.05) is 25.0 Å². The Morgan fingerprint density at radius 1 is 1.16 bits per heavy atom. The van der Waals surface area contributed by atoms with Gasteiger partial charge in [0.2, 0.25) is 15.9 Å². The van der Waals surface area contributed by atoms with Crippen molar-refractivity contribution in [1.29, 1.82) is 0 Å². The second-order valence-corrected chi connectivity index (χ2v) is 11.0. The number of anilines is 1. The fourth-order valence-corrected chi connectivity index (χ4v) is 6.74. The summed E-state index contributed by atoms with van der Waals surface area (Å²) < 4.78 is 33.9. The van der Waals surface area contributed by atoms with Gasteiger partial charge in [-0.25, -0.2) is 8.42 Å². The van der Waals surface area contributed by atoms with Gasteiger partial charge in [0.1, 0.15) is 5.75 Å². The van der Waals surface area contributed by atoms with Crippen LogP contribution in [-0.2, 0) is 19.6 Å². The highest BCUT2D eigenvalue weighted by Gasteiger charge is 2.37. The van der Waals surface area contributed by atoms with Crippen molar-refractivity contribution in [3.8, 4) is 5.75 Å². The Hall–Kier alpha value is -2.13. The number of nitrogens with one attached hydrogen (secondary N) is 1. The number of carbonyl (C=O) groups excluding carboxylic acids is 2. The molecular weight excluding hydrogens is 430 g/mol. The van der Waals surface area contributed by atoms with E-state index in [-0.39, 0.29) is 22.6 Å². The third kappa shape index (κ3) is 4.24. The smallest absolute Gasteiger partial charge is 0.265 e. The summed E-state index contributed by atoms with van der Waals surface area (Å²) in [6.45, 7) is 6.94. The molecule has 0 bridgehead atoms. The minimum atomic E-state index is -3.73. The summed E-state index contributed by atoms with van der Waals surface area (Å²) in [5, 5.41) is 2.75. The number of carbonyl (C=O) groups is 2. The highest BCUT2D eigenvalue weighted by molar-refractivity contribution is 7.89. The van der Waals surface area contributed by atoms with E-state index in [4.69, 9.17) is 4.74 Å². The molecule has 2 fully saturated rings. The van der Waals surface area contributed by atoms with Crippen LogP contribution in [0.5, 0.6) is 5.75 Å². The second-order valence-electron chi connectivity index (χ2n) is 9.13. The van der Waals surface area contributed by atoms with Gasteiger partial charge >= 0.3 is 0 Å². The van der Waals surface area contributed by atoms with Crippen LogP contribution in [0, 0.1) is 12.8 Å². The van der Waals surface area contributed by atoms with Gasteiger partial charge in [-0.1, -0.05) is 6.92 Å². The van der Waals surface area contributed by atoms with E-state index in [2.05, 4.69) is 12.2 Å². The SMILES string of the molecule is CC[C@H]1CCCCN1C(=O)C1CCN(S(=O)(=O)c2cc3c(cc2C)NC(=O)[C@@H](C)O3)CC1. The molecule has 0 aromatic heterocycles. The third-order valence-electron chi connectivity index (χ3n) is 7.01. The van der Waals surface area contributed by atoms with Gasteiger partial charge in [-0.2, -0.15) is 4.31 Å². The number of fused-ring (bicyclic) bond motifs is 1. The summed E-state index contributed by atoms with van der Waals surface area (Å²) in [5.41, 5.74) is 1.04. The van der Waals surface area contributed by atoms with E-state index in [0.717, 1.165) is 25.8 Å². The van der Waals surface area contributed by atoms with E-state index < -0.39 is 16.1 Å². The monoisotopic (exact) mass is 463 g/mol. The number of aryl methyl sites for hydroxylation is 1. The van der Waals surface area contributed by atoms with Gasteiger partial charge in [-0.05, 0) is 64.0 Å². The molecule has 1 aromatic rings. The van der Waals surface area contributed by atoms with Crippen LogP contribution in [0.3, 0.4) is 0 Å². The van der Waals surface area contributed by atoms with Crippen LogP contribution in [-0.4, -0.2) is 61.2 Å². The quantitative estimate of drug-likeness (QED) is 0.741. The molecule has 3 aliphatic rings. The first-order chi connectivity index (χ1) is 15.2. The van der Waals surface area contributed by atoms with Crippen LogP contribution in [0.4, 0.5) is 5.69 Å². The number of sulfonamides is 1. The third-order valence-corrected chi connectivity index (χ3v) is 9.05. The van der Waals surface area contributed by atoms with Crippen LogP contribution in [0.25, 0.3) is 0 Å². The summed E-state index contributed by atoms with van der Waals surface area (Å²) in [7, 11) is -3.73. The molecule has 2 saturated heterocycles. The number of amides is 2. The lowest BCUT2D eigenvalue weighted by Gasteiger charge is -2.39. The van der Waals surface area contributed by atoms with Crippen LogP contribution >= 0.6 is 0 Å². The van der Waals surface area contributed by atoms with Crippen LogP contribution in [0.1, 0.15) is 57.9 Å². The maximum atomic E-state index is 13.4. The molecule has 0 spiro atoms. The Bertz CT molecular complexity index is 1000. The Morgan fingerprint density at radius 3 is 2.56 bits per heavy atom. The molecule has 1 N–H and O–H groups in total. The van der Waals surface area contributed by atoms with Gasteiger partial charge in [-0.3, -0.25) is 9.59 Å². The van der Waals surface area contributed by atoms with Crippen LogP contribution in [0.15, 0.2) is 17.0 Å². The van der Waals surface area contributed by atoms with Crippen LogP contribution < -0.4 is 10.1 Å². The highest BCUT2D eigenvalue weighted by Crippen LogP contribution is 2.36. The van der Waals surface area contributed by atoms with Crippen molar-refractivity contribution in [1.82, 2.24) is 9.21 Å². The first-order valence-electron chi connectivity index (χ1n) is 11.6. The molecule has 176 valence electrons. The topological polar surface area (TPSA) is 96.0 Å². The largest absolute Gasteiger partial charge is 0.479 e. The zero-order valence-corrected chi connectivity index (χ0v) is 19.9. The van der Waals surface area contributed by atoms with E-state index >= 15 is 0 Å². The molecule has 1 aromatic carbocycles. The van der Waals surface area contributed by atoms with E-state index in [1.165, 1.54) is 16.8 Å². The van der Waals surface area contributed by atoms with Crippen molar-refractivity contribution < 1.29 is 22.7 Å². The Labute approximate surface area is 190 Å². The summed E-state index contributed by atoms with van der Waals surface area (Å²) >= 11 is 0. The predicted molar refractivity (Wildman–Crippen MR) is 121 cm³/mol. The molecule has 3 aliphatic heterocycles. The van der Waals surface area contributed by atoms with Gasteiger partial charge in [0, 0.05) is 37.7 Å². The average Bonchev–Trinajstić information content (AvgIpc) is 2.79. The molecule has 32 heavy (non-hydrogen) atoms. The van der Waals surface area contributed by atoms with Crippen molar-refractivity contribution in [3.05, 3.63) is 17.7 Å². The molecule has 2 atom stereocenters. The first kappa shape index (κ1) is 23.0.